The van der Waals surface area contributed by atoms with Crippen LogP contribution >= 0.6 is 0 Å². The molecule has 1 N–H and O–H groups in total. The first kappa shape index (κ1) is 12.4. The van der Waals surface area contributed by atoms with E-state index in [0.29, 0.717) is 18.4 Å². The van der Waals surface area contributed by atoms with E-state index < -0.39 is 5.97 Å². The molecule has 0 bridgehead atoms. The number of rotatable bonds is 2. The minimum Gasteiger partial charge on any atom is -0.481 e. The van der Waals surface area contributed by atoms with Crippen LogP contribution in [-0.4, -0.2) is 23.7 Å². The summed E-state index contributed by atoms with van der Waals surface area (Å²) in [5.41, 5.74) is 1.71. The van der Waals surface area contributed by atoms with Gasteiger partial charge in [0.2, 0.25) is 0 Å². The number of nitrogens with zero attached hydrogens (tertiary/aromatic N) is 2. The Labute approximate surface area is 106 Å². The Kier molecular flexibility index (Phi) is 3.52. The van der Waals surface area contributed by atoms with E-state index in [9.17, 15) is 4.79 Å². The van der Waals surface area contributed by atoms with E-state index in [1.807, 2.05) is 19.1 Å². The van der Waals surface area contributed by atoms with Gasteiger partial charge in [-0.15, -0.1) is 0 Å². The molecule has 0 aliphatic carbocycles. The number of carboxylic acids is 1. The normalized spacial score (nSPS) is 23.4. The van der Waals surface area contributed by atoms with Gasteiger partial charge in [0.15, 0.2) is 0 Å². The lowest BCUT2D eigenvalue weighted by Crippen LogP contribution is -2.42. The van der Waals surface area contributed by atoms with E-state index in [2.05, 4.69) is 11.0 Å². The fourth-order valence-corrected chi connectivity index (χ4v) is 2.51. The van der Waals surface area contributed by atoms with Crippen LogP contribution in [0.1, 0.15) is 25.3 Å². The number of piperidine rings is 1. The second-order valence-electron chi connectivity index (χ2n) is 4.76. The van der Waals surface area contributed by atoms with Gasteiger partial charge >= 0.3 is 5.97 Å². The smallest absolute Gasteiger partial charge is 0.306 e. The Balaban J connectivity index is 2.10. The molecule has 18 heavy (non-hydrogen) atoms. The third-order valence-electron chi connectivity index (χ3n) is 3.55. The first-order valence-electron chi connectivity index (χ1n) is 6.11. The summed E-state index contributed by atoms with van der Waals surface area (Å²) in [6.45, 7) is 2.80. The van der Waals surface area contributed by atoms with Crippen molar-refractivity contribution in [1.82, 2.24) is 0 Å². The van der Waals surface area contributed by atoms with Crippen LogP contribution in [0.5, 0.6) is 0 Å². The zero-order valence-electron chi connectivity index (χ0n) is 10.3. The molecule has 4 nitrogen and oxygen atoms in total. The maximum absolute atomic E-state index is 11.0. The molecule has 1 heterocycles. The molecule has 1 aromatic carbocycles. The van der Waals surface area contributed by atoms with Crippen molar-refractivity contribution < 1.29 is 9.90 Å². The van der Waals surface area contributed by atoms with Crippen LogP contribution in [0.4, 0.5) is 5.69 Å². The van der Waals surface area contributed by atoms with Gasteiger partial charge < -0.3 is 10.0 Å². The predicted molar refractivity (Wildman–Crippen MR) is 68.3 cm³/mol. The standard InChI is InChI=1S/C14H16N2O2/c1-10-8-12(14(17)18)6-7-16(10)13-4-2-11(9-15)3-5-13/h2-5,10,12H,6-8H2,1H3,(H,17,18). The fourth-order valence-electron chi connectivity index (χ4n) is 2.51. The predicted octanol–water partition coefficient (Wildman–Crippen LogP) is 2.25. The summed E-state index contributed by atoms with van der Waals surface area (Å²) in [6, 6.07) is 9.76. The number of anilines is 1. The molecule has 2 rings (SSSR count). The quantitative estimate of drug-likeness (QED) is 0.866. The van der Waals surface area contributed by atoms with Gasteiger partial charge in [-0.3, -0.25) is 4.79 Å². The molecule has 4 heteroatoms. The number of hydrogen-bond acceptors (Lipinski definition) is 3. The van der Waals surface area contributed by atoms with Crippen molar-refractivity contribution in [2.24, 2.45) is 5.92 Å². The van der Waals surface area contributed by atoms with Gasteiger partial charge in [0, 0.05) is 18.3 Å². The van der Waals surface area contributed by atoms with E-state index >= 15 is 0 Å². The highest BCUT2D eigenvalue weighted by Gasteiger charge is 2.29. The van der Waals surface area contributed by atoms with E-state index in [1.54, 1.807) is 12.1 Å². The van der Waals surface area contributed by atoms with Crippen molar-refractivity contribution in [3.05, 3.63) is 29.8 Å². The van der Waals surface area contributed by atoms with Crippen molar-refractivity contribution in [2.75, 3.05) is 11.4 Å². The monoisotopic (exact) mass is 244 g/mol. The lowest BCUT2D eigenvalue weighted by Gasteiger charge is -2.38. The first-order chi connectivity index (χ1) is 8.61. The highest BCUT2D eigenvalue weighted by molar-refractivity contribution is 5.70. The summed E-state index contributed by atoms with van der Waals surface area (Å²) >= 11 is 0. The summed E-state index contributed by atoms with van der Waals surface area (Å²) < 4.78 is 0. The van der Waals surface area contributed by atoms with Crippen molar-refractivity contribution in [1.29, 1.82) is 5.26 Å². The number of nitriles is 1. The molecule has 2 atom stereocenters. The van der Waals surface area contributed by atoms with Crippen molar-refractivity contribution in [3.63, 3.8) is 0 Å². The lowest BCUT2D eigenvalue weighted by molar-refractivity contribution is -0.142. The molecule has 0 spiro atoms. The van der Waals surface area contributed by atoms with Crippen LogP contribution in [0, 0.1) is 17.2 Å². The average Bonchev–Trinajstić information content (AvgIpc) is 2.38. The number of aliphatic carboxylic acids is 1. The van der Waals surface area contributed by atoms with Crippen molar-refractivity contribution in [3.8, 4) is 6.07 Å². The topological polar surface area (TPSA) is 64.3 Å². The molecule has 0 amide bonds. The summed E-state index contributed by atoms with van der Waals surface area (Å²) in [5.74, 6) is -0.920. The number of benzene rings is 1. The second-order valence-corrected chi connectivity index (χ2v) is 4.76. The number of hydrogen-bond donors (Lipinski definition) is 1. The largest absolute Gasteiger partial charge is 0.481 e. The zero-order chi connectivity index (χ0) is 13.1. The van der Waals surface area contributed by atoms with Crippen LogP contribution in [0.25, 0.3) is 0 Å². The van der Waals surface area contributed by atoms with E-state index in [-0.39, 0.29) is 12.0 Å². The highest BCUT2D eigenvalue weighted by atomic mass is 16.4. The molecule has 94 valence electrons. The molecule has 0 saturated carbocycles. The molecule has 1 aliphatic heterocycles. The summed E-state index contributed by atoms with van der Waals surface area (Å²) in [5, 5.41) is 17.8. The third kappa shape index (κ3) is 2.45. The van der Waals surface area contributed by atoms with Crippen LogP contribution in [0.2, 0.25) is 0 Å². The van der Waals surface area contributed by atoms with Gasteiger partial charge in [0.05, 0.1) is 17.6 Å². The summed E-state index contributed by atoms with van der Waals surface area (Å²) in [4.78, 5) is 13.2. The average molecular weight is 244 g/mol. The minimum atomic E-state index is -0.693. The number of carboxylic acid groups (broad SMARTS) is 1. The summed E-state index contributed by atoms with van der Waals surface area (Å²) in [7, 11) is 0. The van der Waals surface area contributed by atoms with Crippen molar-refractivity contribution >= 4 is 11.7 Å². The molecular weight excluding hydrogens is 228 g/mol. The molecule has 1 aliphatic rings. The van der Waals surface area contributed by atoms with Gasteiger partial charge in [-0.05, 0) is 44.0 Å². The maximum Gasteiger partial charge on any atom is 0.306 e. The molecule has 1 fully saturated rings. The molecule has 1 aromatic rings. The number of carbonyl (C=O) groups is 1. The molecule has 2 unspecified atom stereocenters. The first-order valence-corrected chi connectivity index (χ1v) is 6.11. The van der Waals surface area contributed by atoms with Gasteiger partial charge in [0.1, 0.15) is 0 Å². The Morgan fingerprint density at radius 2 is 2.11 bits per heavy atom. The van der Waals surface area contributed by atoms with Gasteiger partial charge in [0.25, 0.3) is 0 Å². The van der Waals surface area contributed by atoms with E-state index in [4.69, 9.17) is 10.4 Å². The van der Waals surface area contributed by atoms with Gasteiger partial charge in [-0.2, -0.15) is 5.26 Å². The van der Waals surface area contributed by atoms with E-state index in [0.717, 1.165) is 12.2 Å². The Morgan fingerprint density at radius 1 is 1.44 bits per heavy atom. The van der Waals surface area contributed by atoms with Crippen molar-refractivity contribution in [2.45, 2.75) is 25.8 Å². The zero-order valence-corrected chi connectivity index (χ0v) is 10.3. The Hall–Kier alpha value is -2.02. The molecule has 0 aromatic heterocycles. The second kappa shape index (κ2) is 5.09. The Morgan fingerprint density at radius 3 is 2.61 bits per heavy atom. The third-order valence-corrected chi connectivity index (χ3v) is 3.55. The molecule has 1 saturated heterocycles. The molecule has 0 radical (unpaired) electrons. The fraction of sp³-hybridized carbons (Fsp3) is 0.429. The van der Waals surface area contributed by atoms with Gasteiger partial charge in [-0.25, -0.2) is 0 Å². The molecular formula is C14H16N2O2. The summed E-state index contributed by atoms with van der Waals surface area (Å²) in [6.07, 6.45) is 1.36. The van der Waals surface area contributed by atoms with E-state index in [1.165, 1.54) is 0 Å². The minimum absolute atomic E-state index is 0.216. The SMILES string of the molecule is CC1CC(C(=O)O)CCN1c1ccc(C#N)cc1. The Bertz CT molecular complexity index is 476. The van der Waals surface area contributed by atoms with Crippen LogP contribution in [0.3, 0.4) is 0 Å². The van der Waals surface area contributed by atoms with Crippen LogP contribution < -0.4 is 4.90 Å². The maximum atomic E-state index is 11.0. The lowest BCUT2D eigenvalue weighted by atomic mass is 9.91. The van der Waals surface area contributed by atoms with Gasteiger partial charge in [-0.1, -0.05) is 0 Å². The van der Waals surface area contributed by atoms with Crippen LogP contribution in [-0.2, 0) is 4.79 Å². The van der Waals surface area contributed by atoms with Crippen LogP contribution in [0.15, 0.2) is 24.3 Å². The highest BCUT2D eigenvalue weighted by Crippen LogP contribution is 2.28.